The first-order valence-corrected chi connectivity index (χ1v) is 6.57. The van der Waals surface area contributed by atoms with Crippen LogP contribution < -0.4 is 0 Å². The second-order valence-corrected chi connectivity index (χ2v) is 4.77. The molecular formula is C17H13N3O. The largest absolute Gasteiger partial charge is 0.295 e. The molecule has 0 atom stereocenters. The first-order chi connectivity index (χ1) is 10.1. The van der Waals surface area contributed by atoms with Gasteiger partial charge in [0.1, 0.15) is 5.69 Å². The Morgan fingerprint density at radius 1 is 1.24 bits per heavy atom. The van der Waals surface area contributed by atoms with Crippen molar-refractivity contribution in [3.8, 4) is 11.8 Å². The predicted molar refractivity (Wildman–Crippen MR) is 80.2 cm³/mol. The minimum atomic E-state index is 0.0366. The summed E-state index contributed by atoms with van der Waals surface area (Å²) >= 11 is 0. The van der Waals surface area contributed by atoms with Crippen molar-refractivity contribution >= 4 is 11.4 Å². The number of aromatic nitrogens is 3. The molecule has 0 N–H and O–H groups in total. The van der Waals surface area contributed by atoms with Crippen LogP contribution in [0.3, 0.4) is 0 Å². The van der Waals surface area contributed by atoms with Crippen molar-refractivity contribution in [2.45, 2.75) is 13.8 Å². The van der Waals surface area contributed by atoms with Crippen molar-refractivity contribution in [2.75, 3.05) is 0 Å². The zero-order valence-corrected chi connectivity index (χ0v) is 11.8. The Kier molecular flexibility index (Phi) is 3.25. The van der Waals surface area contributed by atoms with Crippen molar-refractivity contribution in [1.82, 2.24) is 14.6 Å². The topological polar surface area (TPSA) is 47.3 Å². The van der Waals surface area contributed by atoms with E-state index in [0.717, 1.165) is 22.5 Å². The van der Waals surface area contributed by atoms with E-state index in [0.29, 0.717) is 5.56 Å². The fraction of sp³-hybridized carbons (Fsp3) is 0.118. The van der Waals surface area contributed by atoms with Crippen LogP contribution in [0.2, 0.25) is 0 Å². The molecule has 2 aromatic heterocycles. The van der Waals surface area contributed by atoms with Gasteiger partial charge in [0, 0.05) is 17.3 Å². The number of carbonyl (C=O) groups is 1. The Morgan fingerprint density at radius 3 is 2.90 bits per heavy atom. The third-order valence-electron chi connectivity index (χ3n) is 3.25. The SMILES string of the molecule is CC(=O)c1ccc(C)c(C#Cc2cnc3cccnn23)c1. The molecule has 21 heavy (non-hydrogen) atoms. The molecule has 4 heteroatoms. The van der Waals surface area contributed by atoms with Crippen LogP contribution in [0, 0.1) is 18.8 Å². The summed E-state index contributed by atoms with van der Waals surface area (Å²) in [6, 6.07) is 9.26. The van der Waals surface area contributed by atoms with Crippen LogP contribution in [0.4, 0.5) is 0 Å². The summed E-state index contributed by atoms with van der Waals surface area (Å²) in [4.78, 5) is 15.7. The van der Waals surface area contributed by atoms with Crippen LogP contribution in [0.1, 0.15) is 34.1 Å². The van der Waals surface area contributed by atoms with Crippen LogP contribution >= 0.6 is 0 Å². The number of carbonyl (C=O) groups excluding carboxylic acids is 1. The normalized spacial score (nSPS) is 10.2. The van der Waals surface area contributed by atoms with Gasteiger partial charge in [0.05, 0.1) is 6.20 Å². The lowest BCUT2D eigenvalue weighted by Crippen LogP contribution is -1.95. The summed E-state index contributed by atoms with van der Waals surface area (Å²) in [7, 11) is 0. The van der Waals surface area contributed by atoms with Crippen LogP contribution in [0.25, 0.3) is 5.65 Å². The standard InChI is InChI=1S/C17H13N3O/c1-12-5-6-15(13(2)21)10-14(12)7-8-16-11-18-17-4-3-9-19-20(16)17/h3-6,9-11H,1-2H3. The quantitative estimate of drug-likeness (QED) is 0.506. The maximum atomic E-state index is 11.4. The highest BCUT2D eigenvalue weighted by molar-refractivity contribution is 5.94. The number of aryl methyl sites for hydroxylation is 1. The molecule has 0 aliphatic carbocycles. The van der Waals surface area contributed by atoms with Gasteiger partial charge in [0.25, 0.3) is 0 Å². The first-order valence-electron chi connectivity index (χ1n) is 6.57. The highest BCUT2D eigenvalue weighted by atomic mass is 16.1. The average molecular weight is 275 g/mol. The number of Topliss-reactive ketones (excluding diaryl/α,β-unsaturated/α-hetero) is 1. The van der Waals surface area contributed by atoms with E-state index >= 15 is 0 Å². The van der Waals surface area contributed by atoms with E-state index in [2.05, 4.69) is 21.9 Å². The average Bonchev–Trinajstić information content (AvgIpc) is 2.89. The molecule has 1 aromatic carbocycles. The summed E-state index contributed by atoms with van der Waals surface area (Å²) in [5.74, 6) is 6.20. The molecule has 0 unspecified atom stereocenters. The number of imidazole rings is 1. The molecule has 102 valence electrons. The Bertz CT molecular complexity index is 897. The summed E-state index contributed by atoms with van der Waals surface area (Å²) in [6.07, 6.45) is 3.39. The monoisotopic (exact) mass is 275 g/mol. The van der Waals surface area contributed by atoms with Gasteiger partial charge in [-0.15, -0.1) is 0 Å². The number of hydrogen-bond donors (Lipinski definition) is 0. The maximum absolute atomic E-state index is 11.4. The zero-order valence-electron chi connectivity index (χ0n) is 11.8. The van der Waals surface area contributed by atoms with E-state index in [4.69, 9.17) is 0 Å². The molecule has 3 rings (SSSR count). The van der Waals surface area contributed by atoms with Crippen LogP contribution in [-0.2, 0) is 0 Å². The van der Waals surface area contributed by atoms with Crippen molar-refractivity contribution in [3.63, 3.8) is 0 Å². The Hall–Kier alpha value is -2.93. The highest BCUT2D eigenvalue weighted by Gasteiger charge is 2.03. The van der Waals surface area contributed by atoms with Gasteiger partial charge in [-0.25, -0.2) is 9.50 Å². The second-order valence-electron chi connectivity index (χ2n) is 4.77. The molecule has 0 fully saturated rings. The van der Waals surface area contributed by atoms with Crippen molar-refractivity contribution < 1.29 is 4.79 Å². The zero-order chi connectivity index (χ0) is 14.8. The summed E-state index contributed by atoms with van der Waals surface area (Å²) in [5, 5.41) is 4.22. The van der Waals surface area contributed by atoms with E-state index in [1.165, 1.54) is 0 Å². The summed E-state index contributed by atoms with van der Waals surface area (Å²) < 4.78 is 1.69. The fourth-order valence-corrected chi connectivity index (χ4v) is 2.02. The molecule has 0 saturated heterocycles. The lowest BCUT2D eigenvalue weighted by molar-refractivity contribution is 0.101. The van der Waals surface area contributed by atoms with Crippen LogP contribution in [0.5, 0.6) is 0 Å². The predicted octanol–water partition coefficient (Wildman–Crippen LogP) is 2.64. The molecule has 4 nitrogen and oxygen atoms in total. The molecule has 2 heterocycles. The van der Waals surface area contributed by atoms with Gasteiger partial charge in [-0.3, -0.25) is 4.79 Å². The minimum absolute atomic E-state index is 0.0366. The number of ketones is 1. The lowest BCUT2D eigenvalue weighted by Gasteiger charge is -2.00. The molecule has 3 aromatic rings. The molecule has 0 saturated carbocycles. The third kappa shape index (κ3) is 2.54. The smallest absolute Gasteiger partial charge is 0.159 e. The highest BCUT2D eigenvalue weighted by Crippen LogP contribution is 2.11. The van der Waals surface area contributed by atoms with Gasteiger partial charge in [0.15, 0.2) is 11.4 Å². The number of hydrogen-bond acceptors (Lipinski definition) is 3. The first kappa shape index (κ1) is 13.1. The minimum Gasteiger partial charge on any atom is -0.295 e. The van der Waals surface area contributed by atoms with Crippen molar-refractivity contribution in [3.05, 3.63) is 65.1 Å². The van der Waals surface area contributed by atoms with E-state index in [9.17, 15) is 4.79 Å². The van der Waals surface area contributed by atoms with Gasteiger partial charge in [-0.05, 0) is 43.5 Å². The molecule has 0 radical (unpaired) electrons. The molecule has 0 spiro atoms. The third-order valence-corrected chi connectivity index (χ3v) is 3.25. The second kappa shape index (κ2) is 5.22. The van der Waals surface area contributed by atoms with Crippen molar-refractivity contribution in [2.24, 2.45) is 0 Å². The Labute approximate surface area is 122 Å². The van der Waals surface area contributed by atoms with E-state index < -0.39 is 0 Å². The molecule has 0 aliphatic heterocycles. The maximum Gasteiger partial charge on any atom is 0.159 e. The van der Waals surface area contributed by atoms with Crippen LogP contribution in [-0.4, -0.2) is 20.4 Å². The number of rotatable bonds is 1. The summed E-state index contributed by atoms with van der Waals surface area (Å²) in [6.45, 7) is 3.52. The molecule has 0 amide bonds. The molecular weight excluding hydrogens is 262 g/mol. The van der Waals surface area contributed by atoms with Gasteiger partial charge in [-0.2, -0.15) is 5.10 Å². The van der Waals surface area contributed by atoms with Crippen molar-refractivity contribution in [1.29, 1.82) is 0 Å². The van der Waals surface area contributed by atoms with Gasteiger partial charge in [0.2, 0.25) is 0 Å². The number of nitrogens with zero attached hydrogens (tertiary/aromatic N) is 3. The molecule has 0 bridgehead atoms. The number of benzene rings is 1. The van der Waals surface area contributed by atoms with E-state index in [-0.39, 0.29) is 5.78 Å². The van der Waals surface area contributed by atoms with Gasteiger partial charge in [-0.1, -0.05) is 18.1 Å². The number of fused-ring (bicyclic) bond motifs is 1. The molecule has 0 aliphatic rings. The lowest BCUT2D eigenvalue weighted by atomic mass is 10.0. The van der Waals surface area contributed by atoms with E-state index in [1.54, 1.807) is 23.8 Å². The van der Waals surface area contributed by atoms with Crippen LogP contribution in [0.15, 0.2) is 42.7 Å². The fourth-order valence-electron chi connectivity index (χ4n) is 2.02. The Morgan fingerprint density at radius 2 is 2.10 bits per heavy atom. The Balaban J connectivity index is 2.05. The van der Waals surface area contributed by atoms with E-state index in [1.807, 2.05) is 37.3 Å². The van der Waals surface area contributed by atoms with Gasteiger partial charge < -0.3 is 0 Å². The van der Waals surface area contributed by atoms with Gasteiger partial charge >= 0.3 is 0 Å². The summed E-state index contributed by atoms with van der Waals surface area (Å²) in [5.41, 5.74) is 4.03.